The Labute approximate surface area is 120 Å². The van der Waals surface area contributed by atoms with Crippen LogP contribution in [0.1, 0.15) is 33.5 Å². The molecule has 104 valence electrons. The van der Waals surface area contributed by atoms with Gasteiger partial charge in [0.1, 0.15) is 5.75 Å². The van der Waals surface area contributed by atoms with Crippen LogP contribution < -0.4 is 10.1 Å². The molecule has 0 saturated carbocycles. The number of nitrogens with zero attached hydrogens (tertiary/aromatic N) is 1. The normalized spacial score (nSPS) is 17.3. The van der Waals surface area contributed by atoms with E-state index in [-0.39, 0.29) is 11.0 Å². The van der Waals surface area contributed by atoms with E-state index in [9.17, 15) is 4.79 Å². The standard InChI is InChI=1S/C14H14N2O3S/c17-14(18)13-16-9(8-20-13)7-15-11-5-6-19-12-4-2-1-3-10(11)12/h1-4,8,11,15H,5-7H2,(H,17,18). The number of rotatable bonds is 4. The molecule has 1 aliphatic rings. The summed E-state index contributed by atoms with van der Waals surface area (Å²) in [4.78, 5) is 14.9. The lowest BCUT2D eigenvalue weighted by Gasteiger charge is -2.26. The van der Waals surface area contributed by atoms with Crippen LogP contribution in [-0.2, 0) is 6.54 Å². The predicted octanol–water partition coefficient (Wildman–Crippen LogP) is 2.45. The molecule has 2 N–H and O–H groups in total. The second-order valence-electron chi connectivity index (χ2n) is 4.56. The molecule has 1 unspecified atom stereocenters. The van der Waals surface area contributed by atoms with Gasteiger partial charge in [-0.25, -0.2) is 9.78 Å². The van der Waals surface area contributed by atoms with Crippen molar-refractivity contribution in [2.24, 2.45) is 0 Å². The summed E-state index contributed by atoms with van der Waals surface area (Å²) in [6.07, 6.45) is 0.896. The Morgan fingerprint density at radius 3 is 3.15 bits per heavy atom. The Bertz CT molecular complexity index is 626. The van der Waals surface area contributed by atoms with E-state index in [4.69, 9.17) is 9.84 Å². The number of para-hydroxylation sites is 1. The van der Waals surface area contributed by atoms with Crippen molar-refractivity contribution in [1.82, 2.24) is 10.3 Å². The predicted molar refractivity (Wildman–Crippen MR) is 75.2 cm³/mol. The number of carboxylic acid groups (broad SMARTS) is 1. The summed E-state index contributed by atoms with van der Waals surface area (Å²) in [6, 6.07) is 8.19. The van der Waals surface area contributed by atoms with Gasteiger partial charge in [-0.3, -0.25) is 0 Å². The van der Waals surface area contributed by atoms with Gasteiger partial charge in [0.25, 0.3) is 0 Å². The summed E-state index contributed by atoms with van der Waals surface area (Å²) < 4.78 is 5.61. The van der Waals surface area contributed by atoms with Crippen molar-refractivity contribution in [3.05, 3.63) is 45.9 Å². The lowest BCUT2D eigenvalue weighted by Crippen LogP contribution is -2.26. The second kappa shape index (κ2) is 5.60. The number of carboxylic acids is 1. The average molecular weight is 290 g/mol. The van der Waals surface area contributed by atoms with Crippen molar-refractivity contribution < 1.29 is 14.6 Å². The summed E-state index contributed by atoms with van der Waals surface area (Å²) in [6.45, 7) is 1.24. The fraction of sp³-hybridized carbons (Fsp3) is 0.286. The zero-order valence-electron chi connectivity index (χ0n) is 10.7. The van der Waals surface area contributed by atoms with Crippen LogP contribution in [0.3, 0.4) is 0 Å². The van der Waals surface area contributed by atoms with Gasteiger partial charge in [0.05, 0.1) is 12.3 Å². The van der Waals surface area contributed by atoms with Gasteiger partial charge in [-0.15, -0.1) is 11.3 Å². The first-order chi connectivity index (χ1) is 9.74. The Kier molecular flexibility index (Phi) is 3.66. The zero-order chi connectivity index (χ0) is 13.9. The van der Waals surface area contributed by atoms with Crippen molar-refractivity contribution in [2.75, 3.05) is 6.61 Å². The molecule has 1 aromatic carbocycles. The molecule has 0 amide bonds. The molecular formula is C14H14N2O3S. The van der Waals surface area contributed by atoms with Crippen molar-refractivity contribution in [1.29, 1.82) is 0 Å². The molecule has 3 rings (SSSR count). The van der Waals surface area contributed by atoms with Crippen molar-refractivity contribution in [3.8, 4) is 5.75 Å². The van der Waals surface area contributed by atoms with Crippen LogP contribution in [0.2, 0.25) is 0 Å². The van der Waals surface area contributed by atoms with E-state index in [0.717, 1.165) is 34.8 Å². The average Bonchev–Trinajstić information content (AvgIpc) is 2.94. The molecule has 1 aliphatic heterocycles. The van der Waals surface area contributed by atoms with Crippen molar-refractivity contribution >= 4 is 17.3 Å². The minimum Gasteiger partial charge on any atom is -0.493 e. The summed E-state index contributed by atoms with van der Waals surface area (Å²) in [5.41, 5.74) is 1.91. The number of ether oxygens (including phenoxy) is 1. The maximum absolute atomic E-state index is 10.8. The number of hydrogen-bond acceptors (Lipinski definition) is 5. The Morgan fingerprint density at radius 1 is 1.50 bits per heavy atom. The highest BCUT2D eigenvalue weighted by atomic mass is 32.1. The third kappa shape index (κ3) is 2.66. The van der Waals surface area contributed by atoms with Crippen LogP contribution in [0.25, 0.3) is 0 Å². The second-order valence-corrected chi connectivity index (χ2v) is 5.42. The molecule has 1 atom stereocenters. The Balaban J connectivity index is 1.68. The first kappa shape index (κ1) is 13.1. The first-order valence-electron chi connectivity index (χ1n) is 6.37. The molecule has 2 aromatic rings. The van der Waals surface area contributed by atoms with Crippen LogP contribution in [0.5, 0.6) is 5.75 Å². The fourth-order valence-electron chi connectivity index (χ4n) is 2.27. The van der Waals surface area contributed by atoms with Crippen LogP contribution >= 0.6 is 11.3 Å². The molecule has 0 fully saturated rings. The number of aromatic nitrogens is 1. The van der Waals surface area contributed by atoms with Gasteiger partial charge in [0.15, 0.2) is 0 Å². The molecule has 0 radical (unpaired) electrons. The molecular weight excluding hydrogens is 276 g/mol. The SMILES string of the molecule is O=C(O)c1nc(CNC2CCOc3ccccc32)cs1. The topological polar surface area (TPSA) is 71.5 Å². The monoisotopic (exact) mass is 290 g/mol. The fourth-order valence-corrected chi connectivity index (χ4v) is 2.92. The van der Waals surface area contributed by atoms with Gasteiger partial charge in [-0.1, -0.05) is 18.2 Å². The number of benzene rings is 1. The van der Waals surface area contributed by atoms with Gasteiger partial charge < -0.3 is 15.2 Å². The largest absolute Gasteiger partial charge is 0.493 e. The molecule has 0 bridgehead atoms. The highest BCUT2D eigenvalue weighted by molar-refractivity contribution is 7.11. The summed E-state index contributed by atoms with van der Waals surface area (Å²) in [5, 5.41) is 14.2. The van der Waals surface area contributed by atoms with Crippen molar-refractivity contribution in [3.63, 3.8) is 0 Å². The van der Waals surface area contributed by atoms with E-state index in [1.807, 2.05) is 18.2 Å². The molecule has 5 nitrogen and oxygen atoms in total. The van der Waals surface area contributed by atoms with E-state index < -0.39 is 5.97 Å². The van der Waals surface area contributed by atoms with Crippen LogP contribution in [0.15, 0.2) is 29.6 Å². The van der Waals surface area contributed by atoms with Crippen LogP contribution in [0, 0.1) is 0 Å². The Hall–Kier alpha value is -1.92. The third-order valence-corrected chi connectivity index (χ3v) is 4.10. The summed E-state index contributed by atoms with van der Waals surface area (Å²) >= 11 is 1.15. The Morgan fingerprint density at radius 2 is 2.35 bits per heavy atom. The lowest BCUT2D eigenvalue weighted by atomic mass is 10.0. The van der Waals surface area contributed by atoms with Gasteiger partial charge >= 0.3 is 5.97 Å². The number of fused-ring (bicyclic) bond motifs is 1. The van der Waals surface area contributed by atoms with E-state index in [1.165, 1.54) is 0 Å². The molecule has 0 spiro atoms. The van der Waals surface area contributed by atoms with Gasteiger partial charge in [0, 0.05) is 30.0 Å². The van der Waals surface area contributed by atoms with Crippen LogP contribution in [0.4, 0.5) is 0 Å². The summed E-state index contributed by atoms with van der Waals surface area (Å²) in [5.74, 6) is -0.0570. The smallest absolute Gasteiger partial charge is 0.365 e. The number of nitrogens with one attached hydrogen (secondary N) is 1. The van der Waals surface area contributed by atoms with Gasteiger partial charge in [-0.2, -0.15) is 0 Å². The number of carbonyl (C=O) groups is 1. The lowest BCUT2D eigenvalue weighted by molar-refractivity contribution is 0.0696. The quantitative estimate of drug-likeness (QED) is 0.905. The molecule has 0 saturated heterocycles. The first-order valence-corrected chi connectivity index (χ1v) is 7.25. The molecule has 1 aromatic heterocycles. The van der Waals surface area contributed by atoms with Gasteiger partial charge in [0.2, 0.25) is 5.01 Å². The minimum absolute atomic E-state index is 0.133. The molecule has 6 heteroatoms. The van der Waals surface area contributed by atoms with E-state index in [1.54, 1.807) is 5.38 Å². The summed E-state index contributed by atoms with van der Waals surface area (Å²) in [7, 11) is 0. The van der Waals surface area contributed by atoms with E-state index in [0.29, 0.717) is 13.2 Å². The maximum atomic E-state index is 10.8. The van der Waals surface area contributed by atoms with Crippen LogP contribution in [-0.4, -0.2) is 22.7 Å². The van der Waals surface area contributed by atoms with E-state index >= 15 is 0 Å². The number of thiazole rings is 1. The van der Waals surface area contributed by atoms with Gasteiger partial charge in [-0.05, 0) is 6.07 Å². The third-order valence-electron chi connectivity index (χ3n) is 3.22. The number of hydrogen-bond donors (Lipinski definition) is 2. The number of aromatic carboxylic acids is 1. The van der Waals surface area contributed by atoms with E-state index in [2.05, 4.69) is 16.4 Å². The molecule has 0 aliphatic carbocycles. The maximum Gasteiger partial charge on any atom is 0.365 e. The highest BCUT2D eigenvalue weighted by Gasteiger charge is 2.20. The molecule has 20 heavy (non-hydrogen) atoms. The zero-order valence-corrected chi connectivity index (χ0v) is 11.5. The highest BCUT2D eigenvalue weighted by Crippen LogP contribution is 2.31. The van der Waals surface area contributed by atoms with Crippen molar-refractivity contribution in [2.45, 2.75) is 19.0 Å². The minimum atomic E-state index is -0.974. The molecule has 2 heterocycles.